The number of barbiturate groups is 1. The summed E-state index contributed by atoms with van der Waals surface area (Å²) in [7, 11) is 1.55. The molecule has 0 saturated carbocycles. The third-order valence-electron chi connectivity index (χ3n) is 6.69. The highest BCUT2D eigenvalue weighted by molar-refractivity contribution is 6.40. The molecular formula is C33H25Cl3N2O6. The molecule has 4 aromatic rings. The maximum Gasteiger partial charge on any atom is 0.335 e. The maximum absolute atomic E-state index is 13.3. The second-order valence-corrected chi connectivity index (χ2v) is 11.0. The Kier molecular flexibility index (Phi) is 9.44. The Morgan fingerprint density at radius 3 is 2.20 bits per heavy atom. The second kappa shape index (κ2) is 13.4. The zero-order valence-corrected chi connectivity index (χ0v) is 25.8. The van der Waals surface area contributed by atoms with Crippen LogP contribution in [0.3, 0.4) is 0 Å². The van der Waals surface area contributed by atoms with Crippen molar-refractivity contribution in [2.75, 3.05) is 12.0 Å². The summed E-state index contributed by atoms with van der Waals surface area (Å²) in [5.41, 5.74) is 2.74. The number of amides is 4. The molecule has 0 aromatic heterocycles. The van der Waals surface area contributed by atoms with Gasteiger partial charge in [0.2, 0.25) is 0 Å². The Morgan fingerprint density at radius 2 is 1.50 bits per heavy atom. The van der Waals surface area contributed by atoms with Gasteiger partial charge < -0.3 is 14.2 Å². The lowest BCUT2D eigenvalue weighted by atomic mass is 10.1. The van der Waals surface area contributed by atoms with E-state index in [1.165, 1.54) is 24.3 Å². The molecule has 0 aliphatic carbocycles. The van der Waals surface area contributed by atoms with Crippen LogP contribution in [0.15, 0.2) is 84.4 Å². The van der Waals surface area contributed by atoms with E-state index in [1.54, 1.807) is 38.3 Å². The molecule has 0 radical (unpaired) electrons. The first-order chi connectivity index (χ1) is 21.1. The Labute approximate surface area is 268 Å². The Bertz CT molecular complexity index is 1770. The van der Waals surface area contributed by atoms with Crippen molar-refractivity contribution < 1.29 is 28.6 Å². The fourth-order valence-corrected chi connectivity index (χ4v) is 5.26. The number of carbonyl (C=O) groups is 3. The van der Waals surface area contributed by atoms with Gasteiger partial charge >= 0.3 is 6.03 Å². The maximum atomic E-state index is 13.3. The number of methoxy groups -OCH3 is 1. The van der Waals surface area contributed by atoms with Crippen molar-refractivity contribution >= 4 is 64.4 Å². The van der Waals surface area contributed by atoms with E-state index in [2.05, 4.69) is 5.32 Å². The average molecular weight is 652 g/mol. The van der Waals surface area contributed by atoms with Crippen LogP contribution in [-0.2, 0) is 22.8 Å². The first-order valence-corrected chi connectivity index (χ1v) is 14.4. The number of urea groups is 1. The molecule has 1 N–H and O–H groups in total. The van der Waals surface area contributed by atoms with Gasteiger partial charge in [-0.15, -0.1) is 0 Å². The number of ether oxygens (including phenoxy) is 3. The predicted octanol–water partition coefficient (Wildman–Crippen LogP) is 7.79. The van der Waals surface area contributed by atoms with Crippen molar-refractivity contribution in [1.82, 2.24) is 5.32 Å². The molecule has 44 heavy (non-hydrogen) atoms. The van der Waals surface area contributed by atoms with Crippen molar-refractivity contribution in [3.8, 4) is 17.2 Å². The van der Waals surface area contributed by atoms with E-state index in [0.717, 1.165) is 16.0 Å². The molecule has 1 aliphatic heterocycles. The largest absolute Gasteiger partial charge is 0.493 e. The zero-order chi connectivity index (χ0) is 31.4. The first-order valence-electron chi connectivity index (χ1n) is 13.3. The zero-order valence-electron chi connectivity index (χ0n) is 23.5. The third-order valence-corrected chi connectivity index (χ3v) is 7.49. The molecule has 4 aromatic carbocycles. The van der Waals surface area contributed by atoms with Crippen LogP contribution in [0.2, 0.25) is 15.1 Å². The van der Waals surface area contributed by atoms with E-state index in [9.17, 15) is 14.4 Å². The molecule has 11 heteroatoms. The highest BCUT2D eigenvalue weighted by Gasteiger charge is 2.37. The summed E-state index contributed by atoms with van der Waals surface area (Å²) in [5, 5.41) is 2.83. The Balaban J connectivity index is 1.32. The average Bonchev–Trinajstić information content (AvgIpc) is 3.00. The third kappa shape index (κ3) is 6.83. The van der Waals surface area contributed by atoms with Crippen molar-refractivity contribution in [3.63, 3.8) is 0 Å². The van der Waals surface area contributed by atoms with Gasteiger partial charge in [0, 0.05) is 5.02 Å². The van der Waals surface area contributed by atoms with E-state index in [-0.39, 0.29) is 33.7 Å². The number of carbonyl (C=O) groups excluding carboxylic acids is 3. The summed E-state index contributed by atoms with van der Waals surface area (Å²) in [6.07, 6.45) is 1.30. The summed E-state index contributed by atoms with van der Waals surface area (Å²) in [5.74, 6) is -0.335. The number of hydrogen-bond acceptors (Lipinski definition) is 6. The lowest BCUT2D eigenvalue weighted by molar-refractivity contribution is -0.122. The number of imide groups is 2. The molecule has 5 rings (SSSR count). The number of halogens is 3. The molecule has 0 spiro atoms. The molecule has 1 saturated heterocycles. The highest BCUT2D eigenvalue weighted by atomic mass is 35.5. The van der Waals surface area contributed by atoms with Gasteiger partial charge in [-0.2, -0.15) is 0 Å². The summed E-state index contributed by atoms with van der Waals surface area (Å²) in [6, 6.07) is 22.1. The SMILES string of the molecule is COc1cc(COc2c(Cl)cc(/C=C3\C(=O)NC(=O)N(c4cc(Cl)ccc4C)C3=O)cc2Cl)ccc1OCc1ccccc1. The smallest absolute Gasteiger partial charge is 0.335 e. The van der Waals surface area contributed by atoms with E-state index in [1.807, 2.05) is 36.4 Å². The Morgan fingerprint density at radius 1 is 0.795 bits per heavy atom. The number of nitrogens with one attached hydrogen (secondary N) is 1. The number of aryl methyl sites for hydroxylation is 1. The minimum atomic E-state index is -0.880. The monoisotopic (exact) mass is 650 g/mol. The number of rotatable bonds is 9. The fraction of sp³-hybridized carbons (Fsp3) is 0.121. The highest BCUT2D eigenvalue weighted by Crippen LogP contribution is 2.37. The van der Waals surface area contributed by atoms with Crippen LogP contribution in [0.4, 0.5) is 10.5 Å². The van der Waals surface area contributed by atoms with E-state index < -0.39 is 17.8 Å². The number of anilines is 1. The van der Waals surface area contributed by atoms with Gasteiger partial charge in [-0.3, -0.25) is 14.9 Å². The van der Waals surface area contributed by atoms with Crippen LogP contribution in [0.1, 0.15) is 22.3 Å². The predicted molar refractivity (Wildman–Crippen MR) is 170 cm³/mol. The van der Waals surface area contributed by atoms with E-state index >= 15 is 0 Å². The van der Waals surface area contributed by atoms with Gasteiger partial charge in [-0.05, 0) is 71.7 Å². The summed E-state index contributed by atoms with van der Waals surface area (Å²) < 4.78 is 17.3. The molecule has 0 bridgehead atoms. The minimum Gasteiger partial charge on any atom is -0.493 e. The standard InChI is InChI=1S/C33H25Cl3N2O6/c1-19-8-10-23(34)16-27(19)38-32(40)24(31(39)37-33(38)41)12-22-13-25(35)30(26(36)14-22)44-18-21-9-11-28(29(15-21)42-2)43-17-20-6-4-3-5-7-20/h3-16H,17-18H2,1-2H3,(H,37,39,41)/b24-12+. The molecular weight excluding hydrogens is 627 g/mol. The van der Waals surface area contributed by atoms with E-state index in [4.69, 9.17) is 49.0 Å². The van der Waals surface area contributed by atoms with Crippen LogP contribution in [0.25, 0.3) is 6.08 Å². The van der Waals surface area contributed by atoms with E-state index in [0.29, 0.717) is 34.3 Å². The van der Waals surface area contributed by atoms with Crippen molar-refractivity contribution in [3.05, 3.63) is 122 Å². The van der Waals surface area contributed by atoms with Crippen LogP contribution < -0.4 is 24.4 Å². The quantitative estimate of drug-likeness (QED) is 0.147. The molecule has 224 valence electrons. The minimum absolute atomic E-state index is 0.117. The normalized spacial score (nSPS) is 14.1. The van der Waals surface area contributed by atoms with Crippen molar-refractivity contribution in [2.45, 2.75) is 20.1 Å². The summed E-state index contributed by atoms with van der Waals surface area (Å²) >= 11 is 19.1. The Hall–Kier alpha value is -4.50. The lowest BCUT2D eigenvalue weighted by Gasteiger charge is -2.27. The molecule has 1 fully saturated rings. The first kappa shape index (κ1) is 30.9. The van der Waals surface area contributed by atoms with Crippen LogP contribution >= 0.6 is 34.8 Å². The molecule has 8 nitrogen and oxygen atoms in total. The molecule has 0 atom stereocenters. The summed E-state index contributed by atoms with van der Waals surface area (Å²) in [4.78, 5) is 39.4. The van der Waals surface area contributed by atoms with Crippen molar-refractivity contribution in [2.24, 2.45) is 0 Å². The van der Waals surface area contributed by atoms with Crippen LogP contribution in [-0.4, -0.2) is 25.0 Å². The number of nitrogens with zero attached hydrogens (tertiary/aromatic N) is 1. The van der Waals surface area contributed by atoms with Crippen LogP contribution in [0.5, 0.6) is 17.2 Å². The molecule has 1 heterocycles. The van der Waals surface area contributed by atoms with Crippen LogP contribution in [0, 0.1) is 6.92 Å². The molecule has 0 unspecified atom stereocenters. The van der Waals surface area contributed by atoms with Gasteiger partial charge in [-0.1, -0.05) is 77.3 Å². The molecule has 4 amide bonds. The van der Waals surface area contributed by atoms with Gasteiger partial charge in [-0.25, -0.2) is 9.69 Å². The number of hydrogen-bond donors (Lipinski definition) is 1. The number of benzene rings is 4. The van der Waals surface area contributed by atoms with Crippen molar-refractivity contribution in [1.29, 1.82) is 0 Å². The second-order valence-electron chi connectivity index (χ2n) is 9.75. The topological polar surface area (TPSA) is 94.2 Å². The summed E-state index contributed by atoms with van der Waals surface area (Å²) in [6.45, 7) is 2.23. The lowest BCUT2D eigenvalue weighted by Crippen LogP contribution is -2.54. The molecule has 1 aliphatic rings. The van der Waals surface area contributed by atoms with Gasteiger partial charge in [0.1, 0.15) is 18.8 Å². The van der Waals surface area contributed by atoms with Gasteiger partial charge in [0.15, 0.2) is 17.2 Å². The van der Waals surface area contributed by atoms with Gasteiger partial charge in [0.25, 0.3) is 11.8 Å². The fourth-order valence-electron chi connectivity index (χ4n) is 4.48. The van der Waals surface area contributed by atoms with Gasteiger partial charge in [0.05, 0.1) is 22.8 Å².